The van der Waals surface area contributed by atoms with Crippen molar-refractivity contribution < 1.29 is 0 Å². The Morgan fingerprint density at radius 2 is 2.14 bits per heavy atom. The standard InChI is InChI=1S/C18H27N3/c1-15-7-6-8-17(13-15)21(3)12-5-4-11-18(2,14-19)20-16-9-10-16/h6-8,13,16,20H,4-5,9-12H2,1-3H3. The van der Waals surface area contributed by atoms with E-state index in [2.05, 4.69) is 54.5 Å². The van der Waals surface area contributed by atoms with Gasteiger partial charge in [-0.05, 0) is 63.6 Å². The number of nitriles is 1. The molecule has 3 nitrogen and oxygen atoms in total. The fourth-order valence-corrected chi connectivity index (χ4v) is 2.66. The van der Waals surface area contributed by atoms with Crippen molar-refractivity contribution in [1.82, 2.24) is 5.32 Å². The average Bonchev–Trinajstić information content (AvgIpc) is 3.27. The second kappa shape index (κ2) is 6.95. The van der Waals surface area contributed by atoms with Crippen LogP contribution in [0.3, 0.4) is 0 Å². The highest BCUT2D eigenvalue weighted by Gasteiger charge is 2.31. The molecule has 1 atom stereocenters. The molecule has 1 aliphatic carbocycles. The van der Waals surface area contributed by atoms with Gasteiger partial charge in [0, 0.05) is 25.3 Å². The van der Waals surface area contributed by atoms with Gasteiger partial charge in [0.2, 0.25) is 0 Å². The maximum Gasteiger partial charge on any atom is 0.104 e. The summed E-state index contributed by atoms with van der Waals surface area (Å²) < 4.78 is 0. The zero-order chi connectivity index (χ0) is 15.3. The minimum atomic E-state index is -0.344. The molecule has 0 saturated heterocycles. The minimum absolute atomic E-state index is 0.344. The van der Waals surface area contributed by atoms with Crippen LogP contribution in [-0.2, 0) is 0 Å². The van der Waals surface area contributed by atoms with E-state index < -0.39 is 0 Å². The molecule has 0 amide bonds. The molecule has 1 fully saturated rings. The van der Waals surface area contributed by atoms with Gasteiger partial charge < -0.3 is 4.90 Å². The maximum absolute atomic E-state index is 9.36. The molecule has 0 aliphatic heterocycles. The summed E-state index contributed by atoms with van der Waals surface area (Å²) in [7, 11) is 2.14. The van der Waals surface area contributed by atoms with Gasteiger partial charge in [-0.2, -0.15) is 5.26 Å². The highest BCUT2D eigenvalue weighted by Crippen LogP contribution is 2.25. The Balaban J connectivity index is 1.72. The number of hydrogen-bond donors (Lipinski definition) is 1. The molecule has 3 heteroatoms. The first kappa shape index (κ1) is 15.9. The van der Waals surface area contributed by atoms with Gasteiger partial charge in [-0.1, -0.05) is 12.1 Å². The molecule has 0 aromatic heterocycles. The Morgan fingerprint density at radius 3 is 2.76 bits per heavy atom. The zero-order valence-electron chi connectivity index (χ0n) is 13.5. The predicted molar refractivity (Wildman–Crippen MR) is 88.5 cm³/mol. The zero-order valence-corrected chi connectivity index (χ0v) is 13.5. The summed E-state index contributed by atoms with van der Waals surface area (Å²) in [5.74, 6) is 0. The molecular weight excluding hydrogens is 258 g/mol. The van der Waals surface area contributed by atoms with Crippen molar-refractivity contribution in [1.29, 1.82) is 5.26 Å². The smallest absolute Gasteiger partial charge is 0.104 e. The summed E-state index contributed by atoms with van der Waals surface area (Å²) in [6, 6.07) is 11.6. The molecular formula is C18H27N3. The van der Waals surface area contributed by atoms with Gasteiger partial charge in [-0.25, -0.2) is 0 Å². The lowest BCUT2D eigenvalue weighted by atomic mass is 9.96. The molecule has 1 aliphatic rings. The van der Waals surface area contributed by atoms with Gasteiger partial charge in [0.05, 0.1) is 6.07 Å². The van der Waals surface area contributed by atoms with Gasteiger partial charge in [0.15, 0.2) is 0 Å². The number of hydrogen-bond acceptors (Lipinski definition) is 3. The number of anilines is 1. The van der Waals surface area contributed by atoms with E-state index in [1.165, 1.54) is 24.1 Å². The molecule has 1 saturated carbocycles. The molecule has 2 rings (SSSR count). The number of nitrogens with zero attached hydrogens (tertiary/aromatic N) is 2. The molecule has 21 heavy (non-hydrogen) atoms. The van der Waals surface area contributed by atoms with Crippen LogP contribution in [0, 0.1) is 18.3 Å². The van der Waals surface area contributed by atoms with Crippen LogP contribution in [0.5, 0.6) is 0 Å². The van der Waals surface area contributed by atoms with Crippen LogP contribution < -0.4 is 10.2 Å². The van der Waals surface area contributed by atoms with Crippen LogP contribution in [0.1, 0.15) is 44.6 Å². The molecule has 1 unspecified atom stereocenters. The number of benzene rings is 1. The highest BCUT2D eigenvalue weighted by molar-refractivity contribution is 5.47. The van der Waals surface area contributed by atoms with E-state index in [-0.39, 0.29) is 5.54 Å². The van der Waals surface area contributed by atoms with Crippen molar-refractivity contribution in [3.63, 3.8) is 0 Å². The summed E-state index contributed by atoms with van der Waals surface area (Å²) in [6.07, 6.45) is 5.59. The molecule has 0 heterocycles. The Labute approximate surface area is 129 Å². The molecule has 1 aromatic carbocycles. The lowest BCUT2D eigenvalue weighted by Gasteiger charge is -2.24. The molecule has 1 N–H and O–H groups in total. The summed E-state index contributed by atoms with van der Waals surface area (Å²) >= 11 is 0. The van der Waals surface area contributed by atoms with Gasteiger partial charge in [-0.15, -0.1) is 0 Å². The number of nitrogens with one attached hydrogen (secondary N) is 1. The first-order valence-corrected chi connectivity index (χ1v) is 7.99. The van der Waals surface area contributed by atoms with Crippen LogP contribution in [0.15, 0.2) is 24.3 Å². The number of rotatable bonds is 8. The minimum Gasteiger partial charge on any atom is -0.375 e. The lowest BCUT2D eigenvalue weighted by molar-refractivity contribution is 0.399. The fraction of sp³-hybridized carbons (Fsp3) is 0.611. The van der Waals surface area contributed by atoms with Crippen molar-refractivity contribution >= 4 is 5.69 Å². The quantitative estimate of drug-likeness (QED) is 0.741. The van der Waals surface area contributed by atoms with Crippen molar-refractivity contribution in [2.75, 3.05) is 18.5 Å². The Kier molecular flexibility index (Phi) is 5.25. The second-order valence-electron chi connectivity index (χ2n) is 6.58. The van der Waals surface area contributed by atoms with Gasteiger partial charge in [-0.3, -0.25) is 5.32 Å². The Hall–Kier alpha value is -1.53. The topological polar surface area (TPSA) is 39.1 Å². The van der Waals surface area contributed by atoms with E-state index in [4.69, 9.17) is 0 Å². The molecule has 0 spiro atoms. The van der Waals surface area contributed by atoms with Crippen LogP contribution in [0.4, 0.5) is 5.69 Å². The van der Waals surface area contributed by atoms with E-state index in [0.717, 1.165) is 25.8 Å². The van der Waals surface area contributed by atoms with Crippen molar-refractivity contribution in [2.45, 2.75) is 57.5 Å². The Morgan fingerprint density at radius 1 is 1.38 bits per heavy atom. The molecule has 114 valence electrons. The van der Waals surface area contributed by atoms with E-state index in [9.17, 15) is 5.26 Å². The van der Waals surface area contributed by atoms with Crippen molar-refractivity contribution in [3.05, 3.63) is 29.8 Å². The van der Waals surface area contributed by atoms with Gasteiger partial charge in [0.25, 0.3) is 0 Å². The molecule has 1 aromatic rings. The van der Waals surface area contributed by atoms with Crippen LogP contribution in [-0.4, -0.2) is 25.2 Å². The Bertz CT molecular complexity index is 501. The summed E-state index contributed by atoms with van der Waals surface area (Å²) in [5, 5.41) is 12.8. The number of aryl methyl sites for hydroxylation is 1. The first-order valence-electron chi connectivity index (χ1n) is 7.99. The third kappa shape index (κ3) is 5.06. The monoisotopic (exact) mass is 285 g/mol. The van der Waals surface area contributed by atoms with Crippen molar-refractivity contribution in [2.24, 2.45) is 0 Å². The normalized spacial score (nSPS) is 17.0. The molecule has 0 bridgehead atoms. The predicted octanol–water partition coefficient (Wildman–Crippen LogP) is 3.64. The van der Waals surface area contributed by atoms with Crippen LogP contribution in [0.25, 0.3) is 0 Å². The highest BCUT2D eigenvalue weighted by atomic mass is 15.1. The van der Waals surface area contributed by atoms with Gasteiger partial charge in [0.1, 0.15) is 5.54 Å². The van der Waals surface area contributed by atoms with E-state index >= 15 is 0 Å². The van der Waals surface area contributed by atoms with Crippen LogP contribution >= 0.6 is 0 Å². The average molecular weight is 285 g/mol. The summed E-state index contributed by atoms with van der Waals surface area (Å²) in [6.45, 7) is 5.20. The van der Waals surface area contributed by atoms with Crippen molar-refractivity contribution in [3.8, 4) is 6.07 Å². The van der Waals surface area contributed by atoms with E-state index in [0.29, 0.717) is 6.04 Å². The van der Waals surface area contributed by atoms with E-state index in [1.807, 2.05) is 6.92 Å². The SMILES string of the molecule is Cc1cccc(N(C)CCCCC(C)(C#N)NC2CC2)c1. The summed E-state index contributed by atoms with van der Waals surface area (Å²) in [4.78, 5) is 2.30. The first-order chi connectivity index (χ1) is 10.0. The fourth-order valence-electron chi connectivity index (χ4n) is 2.66. The maximum atomic E-state index is 9.36. The number of unbranched alkanes of at least 4 members (excludes halogenated alkanes) is 1. The molecule has 0 radical (unpaired) electrons. The van der Waals surface area contributed by atoms with E-state index in [1.54, 1.807) is 0 Å². The third-order valence-corrected chi connectivity index (χ3v) is 4.21. The lowest BCUT2D eigenvalue weighted by Crippen LogP contribution is -2.42. The third-order valence-electron chi connectivity index (χ3n) is 4.21. The largest absolute Gasteiger partial charge is 0.375 e. The summed E-state index contributed by atoms with van der Waals surface area (Å²) in [5.41, 5.74) is 2.22. The van der Waals surface area contributed by atoms with Gasteiger partial charge >= 0.3 is 0 Å². The second-order valence-corrected chi connectivity index (χ2v) is 6.58. The van der Waals surface area contributed by atoms with Crippen LogP contribution in [0.2, 0.25) is 0 Å².